The van der Waals surface area contributed by atoms with Crippen LogP contribution < -0.4 is 15.4 Å². The highest BCUT2D eigenvalue weighted by Crippen LogP contribution is 2.22. The standard InChI is InChI=1S/C23H21N5O3/c1-14-19-12-16(13-24-21(19)28(2)27-14)25-23(30)18-6-4-5-7-20(18)26-22(29)15-8-10-17(31-3)11-9-15/h4-13H,1-3H3,(H,25,30)(H,26,29). The van der Waals surface area contributed by atoms with Gasteiger partial charge in [0.15, 0.2) is 5.65 Å². The van der Waals surface area contributed by atoms with Crippen LogP contribution in [0.1, 0.15) is 26.4 Å². The number of aromatic nitrogens is 3. The molecule has 4 aromatic rings. The molecule has 0 aliphatic rings. The van der Waals surface area contributed by atoms with Gasteiger partial charge in [-0.3, -0.25) is 14.3 Å². The lowest BCUT2D eigenvalue weighted by molar-refractivity contribution is 0.102. The highest BCUT2D eigenvalue weighted by atomic mass is 16.5. The van der Waals surface area contributed by atoms with Crippen molar-refractivity contribution in [1.29, 1.82) is 0 Å². The van der Waals surface area contributed by atoms with E-state index in [2.05, 4.69) is 20.7 Å². The monoisotopic (exact) mass is 415 g/mol. The lowest BCUT2D eigenvalue weighted by atomic mass is 10.1. The molecule has 8 nitrogen and oxygen atoms in total. The van der Waals surface area contributed by atoms with Gasteiger partial charge in [-0.05, 0) is 49.4 Å². The predicted octanol–water partition coefficient (Wildman–Crippen LogP) is 3.79. The molecule has 31 heavy (non-hydrogen) atoms. The lowest BCUT2D eigenvalue weighted by Crippen LogP contribution is -2.18. The number of carbonyl (C=O) groups excluding carboxylic acids is 2. The number of hydrogen-bond acceptors (Lipinski definition) is 5. The van der Waals surface area contributed by atoms with Crippen LogP contribution in [0.3, 0.4) is 0 Å². The molecule has 2 aromatic carbocycles. The van der Waals surface area contributed by atoms with Crippen molar-refractivity contribution in [2.24, 2.45) is 7.05 Å². The topological polar surface area (TPSA) is 98.1 Å². The Morgan fingerprint density at radius 1 is 1.00 bits per heavy atom. The van der Waals surface area contributed by atoms with Crippen molar-refractivity contribution in [3.8, 4) is 5.75 Å². The molecule has 2 N–H and O–H groups in total. The van der Waals surface area contributed by atoms with E-state index < -0.39 is 0 Å². The molecule has 0 aliphatic heterocycles. The van der Waals surface area contributed by atoms with Crippen LogP contribution in [-0.4, -0.2) is 33.7 Å². The summed E-state index contributed by atoms with van der Waals surface area (Å²) in [6, 6.07) is 15.4. The van der Waals surface area contributed by atoms with Gasteiger partial charge in [-0.2, -0.15) is 5.10 Å². The largest absolute Gasteiger partial charge is 0.497 e. The Labute approximate surface area is 178 Å². The van der Waals surface area contributed by atoms with Crippen LogP contribution in [-0.2, 0) is 7.05 Å². The first kappa shape index (κ1) is 20.1. The van der Waals surface area contributed by atoms with Crippen LogP contribution >= 0.6 is 0 Å². The average molecular weight is 415 g/mol. The van der Waals surface area contributed by atoms with Crippen molar-refractivity contribution in [3.63, 3.8) is 0 Å². The van der Waals surface area contributed by atoms with Crippen molar-refractivity contribution in [3.05, 3.63) is 77.6 Å². The average Bonchev–Trinajstić information content (AvgIpc) is 3.07. The Bertz CT molecular complexity index is 1280. The van der Waals surface area contributed by atoms with Gasteiger partial charge >= 0.3 is 0 Å². The third kappa shape index (κ3) is 4.09. The summed E-state index contributed by atoms with van der Waals surface area (Å²) in [6.45, 7) is 1.89. The second-order valence-electron chi connectivity index (χ2n) is 6.99. The fraction of sp³-hybridized carbons (Fsp3) is 0.130. The molecule has 156 valence electrons. The Morgan fingerprint density at radius 3 is 2.48 bits per heavy atom. The van der Waals surface area contributed by atoms with E-state index in [1.165, 1.54) is 0 Å². The fourth-order valence-electron chi connectivity index (χ4n) is 3.30. The van der Waals surface area contributed by atoms with Gasteiger partial charge in [0, 0.05) is 18.0 Å². The summed E-state index contributed by atoms with van der Waals surface area (Å²) in [5.74, 6) is -0.0175. The molecular formula is C23H21N5O3. The zero-order valence-corrected chi connectivity index (χ0v) is 17.3. The minimum Gasteiger partial charge on any atom is -0.497 e. The number of nitrogens with one attached hydrogen (secondary N) is 2. The zero-order valence-electron chi connectivity index (χ0n) is 17.3. The van der Waals surface area contributed by atoms with Crippen LogP contribution in [0.5, 0.6) is 5.75 Å². The molecule has 0 fully saturated rings. The van der Waals surface area contributed by atoms with E-state index in [1.54, 1.807) is 66.5 Å². The van der Waals surface area contributed by atoms with E-state index in [4.69, 9.17) is 4.74 Å². The number of hydrogen-bond donors (Lipinski definition) is 2. The maximum Gasteiger partial charge on any atom is 0.257 e. The van der Waals surface area contributed by atoms with Crippen LogP contribution in [0.4, 0.5) is 11.4 Å². The van der Waals surface area contributed by atoms with Crippen molar-refractivity contribution in [2.45, 2.75) is 6.92 Å². The third-order valence-electron chi connectivity index (χ3n) is 4.89. The molecule has 0 atom stereocenters. The van der Waals surface area contributed by atoms with Crippen LogP contribution in [0.25, 0.3) is 11.0 Å². The molecule has 0 spiro atoms. The first-order valence-electron chi connectivity index (χ1n) is 9.61. The van der Waals surface area contributed by atoms with Crippen LogP contribution in [0.2, 0.25) is 0 Å². The van der Waals surface area contributed by atoms with Gasteiger partial charge in [-0.1, -0.05) is 12.1 Å². The summed E-state index contributed by atoms with van der Waals surface area (Å²) < 4.78 is 6.81. The Balaban J connectivity index is 1.55. The number of amides is 2. The number of ether oxygens (including phenoxy) is 1. The van der Waals surface area contributed by atoms with E-state index in [0.717, 1.165) is 16.7 Å². The number of nitrogens with zero attached hydrogens (tertiary/aromatic N) is 3. The highest BCUT2D eigenvalue weighted by Gasteiger charge is 2.15. The molecule has 4 rings (SSSR count). The molecule has 8 heteroatoms. The minimum absolute atomic E-state index is 0.322. The molecule has 2 amide bonds. The maximum atomic E-state index is 12.9. The minimum atomic E-state index is -0.353. The molecule has 0 unspecified atom stereocenters. The van der Waals surface area contributed by atoms with Crippen molar-refractivity contribution in [2.75, 3.05) is 17.7 Å². The highest BCUT2D eigenvalue weighted by molar-refractivity contribution is 6.12. The summed E-state index contributed by atoms with van der Waals surface area (Å²) in [5, 5.41) is 10.9. The van der Waals surface area contributed by atoms with Crippen molar-refractivity contribution >= 4 is 34.2 Å². The predicted molar refractivity (Wildman–Crippen MR) is 119 cm³/mol. The zero-order chi connectivity index (χ0) is 22.0. The first-order chi connectivity index (χ1) is 15.0. The molecule has 0 saturated carbocycles. The van der Waals surface area contributed by atoms with E-state index in [-0.39, 0.29) is 11.8 Å². The van der Waals surface area contributed by atoms with Gasteiger partial charge in [0.25, 0.3) is 11.8 Å². The van der Waals surface area contributed by atoms with Gasteiger partial charge < -0.3 is 15.4 Å². The fourth-order valence-corrected chi connectivity index (χ4v) is 3.30. The molecular weight excluding hydrogens is 394 g/mol. The molecule has 2 aromatic heterocycles. The number of aryl methyl sites for hydroxylation is 2. The van der Waals surface area contributed by atoms with Gasteiger partial charge in [0.1, 0.15) is 5.75 Å². The number of anilines is 2. The number of carbonyl (C=O) groups is 2. The number of benzene rings is 2. The Kier molecular flexibility index (Phi) is 5.36. The molecule has 2 heterocycles. The summed E-state index contributed by atoms with van der Waals surface area (Å²) in [6.07, 6.45) is 1.58. The number of rotatable bonds is 5. The Hall–Kier alpha value is -4.20. The van der Waals surface area contributed by atoms with Crippen LogP contribution in [0.15, 0.2) is 60.8 Å². The summed E-state index contributed by atoms with van der Waals surface area (Å²) >= 11 is 0. The molecule has 0 aliphatic carbocycles. The lowest BCUT2D eigenvalue weighted by Gasteiger charge is -2.12. The van der Waals surface area contributed by atoms with Gasteiger partial charge in [-0.15, -0.1) is 0 Å². The summed E-state index contributed by atoms with van der Waals surface area (Å²) in [5.41, 5.74) is 3.32. The summed E-state index contributed by atoms with van der Waals surface area (Å²) in [4.78, 5) is 29.9. The molecule has 0 saturated heterocycles. The summed E-state index contributed by atoms with van der Waals surface area (Å²) in [7, 11) is 3.38. The second kappa shape index (κ2) is 8.27. The van der Waals surface area contributed by atoms with E-state index in [1.807, 2.05) is 20.0 Å². The number of fused-ring (bicyclic) bond motifs is 1. The first-order valence-corrected chi connectivity index (χ1v) is 9.61. The van der Waals surface area contributed by atoms with Gasteiger partial charge in [0.2, 0.25) is 0 Å². The van der Waals surface area contributed by atoms with E-state index in [9.17, 15) is 9.59 Å². The molecule has 0 radical (unpaired) electrons. The van der Waals surface area contributed by atoms with E-state index in [0.29, 0.717) is 28.3 Å². The Morgan fingerprint density at radius 2 is 1.74 bits per heavy atom. The third-order valence-corrected chi connectivity index (χ3v) is 4.89. The number of methoxy groups -OCH3 is 1. The number of para-hydroxylation sites is 1. The van der Waals surface area contributed by atoms with Crippen LogP contribution in [0, 0.1) is 6.92 Å². The number of pyridine rings is 1. The van der Waals surface area contributed by atoms with Gasteiger partial charge in [-0.25, -0.2) is 4.98 Å². The SMILES string of the molecule is COc1ccc(C(=O)Nc2ccccc2C(=O)Nc2cnc3c(c2)c(C)nn3C)cc1. The smallest absolute Gasteiger partial charge is 0.257 e. The van der Waals surface area contributed by atoms with Crippen molar-refractivity contribution in [1.82, 2.24) is 14.8 Å². The normalized spacial score (nSPS) is 10.7. The van der Waals surface area contributed by atoms with E-state index >= 15 is 0 Å². The maximum absolute atomic E-state index is 12.9. The second-order valence-corrected chi connectivity index (χ2v) is 6.99. The molecule has 0 bridgehead atoms. The van der Waals surface area contributed by atoms with Crippen molar-refractivity contribution < 1.29 is 14.3 Å². The quantitative estimate of drug-likeness (QED) is 0.517. The van der Waals surface area contributed by atoms with Gasteiger partial charge in [0.05, 0.1) is 35.9 Å².